The number of thiazole rings is 1. The maximum absolute atomic E-state index is 10.4. The molecule has 1 amide bonds. The van der Waals surface area contributed by atoms with Gasteiger partial charge in [-0.1, -0.05) is 0 Å². The van der Waals surface area contributed by atoms with Crippen LogP contribution >= 0.6 is 11.3 Å². The van der Waals surface area contributed by atoms with Gasteiger partial charge in [-0.2, -0.15) is 5.26 Å². The molecule has 0 radical (unpaired) electrons. The Morgan fingerprint density at radius 1 is 1.90 bits per heavy atom. The molecule has 10 heavy (non-hydrogen) atoms. The predicted octanol–water partition coefficient (Wildman–Crippen LogP) is 0.114. The molecule has 50 valence electrons. The van der Waals surface area contributed by atoms with Crippen LogP contribution in [0.4, 0.5) is 0 Å². The summed E-state index contributed by atoms with van der Waals surface area (Å²) in [6.07, 6.45) is 0. The molecule has 0 atom stereocenters. The van der Waals surface area contributed by atoms with Gasteiger partial charge in [0.25, 0.3) is 5.91 Å². The molecule has 1 heterocycles. The molecule has 0 aromatic carbocycles. The highest BCUT2D eigenvalue weighted by atomic mass is 32.1. The molecule has 1 aromatic rings. The third-order valence-electron chi connectivity index (χ3n) is 0.852. The van der Waals surface area contributed by atoms with Gasteiger partial charge in [-0.25, -0.2) is 4.98 Å². The van der Waals surface area contributed by atoms with Crippen molar-refractivity contribution < 1.29 is 4.79 Å². The number of nitriles is 1. The number of aromatic nitrogens is 1. The summed E-state index contributed by atoms with van der Waals surface area (Å²) in [7, 11) is 0. The van der Waals surface area contributed by atoms with E-state index in [-0.39, 0.29) is 10.7 Å². The highest BCUT2D eigenvalue weighted by Gasteiger charge is 2.04. The van der Waals surface area contributed by atoms with Crippen molar-refractivity contribution in [2.45, 2.75) is 0 Å². The van der Waals surface area contributed by atoms with E-state index in [1.54, 1.807) is 6.07 Å². The van der Waals surface area contributed by atoms with Gasteiger partial charge in [0.05, 0.1) is 0 Å². The Labute approximate surface area is 60.9 Å². The summed E-state index contributed by atoms with van der Waals surface area (Å²) in [4.78, 5) is 14.0. The van der Waals surface area contributed by atoms with Gasteiger partial charge in [0.2, 0.25) is 0 Å². The van der Waals surface area contributed by atoms with Gasteiger partial charge in [0.15, 0.2) is 5.01 Å². The van der Waals surface area contributed by atoms with Gasteiger partial charge in [0, 0.05) is 5.38 Å². The molecular weight excluding hydrogens is 150 g/mol. The van der Waals surface area contributed by atoms with Gasteiger partial charge in [-0.15, -0.1) is 11.3 Å². The Hall–Kier alpha value is -1.41. The fraction of sp³-hybridized carbons (Fsp3) is 0. The number of hydrogen-bond donors (Lipinski definition) is 1. The summed E-state index contributed by atoms with van der Waals surface area (Å²) in [6.45, 7) is 0. The van der Waals surface area contributed by atoms with E-state index >= 15 is 0 Å². The van der Waals surface area contributed by atoms with Gasteiger partial charge in [-0.05, 0) is 0 Å². The van der Waals surface area contributed by atoms with E-state index in [4.69, 9.17) is 11.0 Å². The number of nitrogens with two attached hydrogens (primary N) is 1. The summed E-state index contributed by atoms with van der Waals surface area (Å²) in [5.74, 6) is -0.599. The van der Waals surface area contributed by atoms with Crippen molar-refractivity contribution >= 4 is 17.2 Å². The molecular formula is C5H3N3OS. The predicted molar refractivity (Wildman–Crippen MR) is 35.3 cm³/mol. The Balaban J connectivity index is 3.02. The molecule has 0 aliphatic heterocycles. The number of rotatable bonds is 1. The lowest BCUT2D eigenvalue weighted by Crippen LogP contribution is -2.10. The molecule has 5 heteroatoms. The minimum absolute atomic E-state index is 0.154. The van der Waals surface area contributed by atoms with Crippen LogP contribution in [0.15, 0.2) is 5.38 Å². The zero-order valence-corrected chi connectivity index (χ0v) is 5.68. The van der Waals surface area contributed by atoms with Crippen molar-refractivity contribution in [1.29, 1.82) is 5.26 Å². The average Bonchev–Trinajstić information content (AvgIpc) is 2.34. The second-order valence-corrected chi connectivity index (χ2v) is 2.37. The van der Waals surface area contributed by atoms with Gasteiger partial charge < -0.3 is 5.73 Å². The van der Waals surface area contributed by atoms with E-state index < -0.39 is 5.91 Å². The first-order valence-electron chi connectivity index (χ1n) is 2.39. The number of hydrogen-bond acceptors (Lipinski definition) is 4. The Kier molecular flexibility index (Phi) is 1.65. The number of primary amides is 1. The van der Waals surface area contributed by atoms with Gasteiger partial charge >= 0.3 is 0 Å². The molecule has 0 fully saturated rings. The Morgan fingerprint density at radius 3 is 2.90 bits per heavy atom. The van der Waals surface area contributed by atoms with E-state index in [1.165, 1.54) is 5.38 Å². The van der Waals surface area contributed by atoms with Crippen LogP contribution < -0.4 is 5.73 Å². The van der Waals surface area contributed by atoms with Gasteiger partial charge in [-0.3, -0.25) is 4.79 Å². The summed E-state index contributed by atoms with van der Waals surface area (Å²) in [6, 6.07) is 1.80. The normalized spacial score (nSPS) is 8.70. The fourth-order valence-corrected chi connectivity index (χ4v) is 1.03. The zero-order valence-electron chi connectivity index (χ0n) is 4.87. The third-order valence-corrected chi connectivity index (χ3v) is 1.60. The lowest BCUT2D eigenvalue weighted by Gasteiger charge is -1.79. The first-order chi connectivity index (χ1) is 4.74. The topological polar surface area (TPSA) is 79.8 Å². The van der Waals surface area contributed by atoms with Crippen LogP contribution in [-0.4, -0.2) is 10.9 Å². The number of carbonyl (C=O) groups is 1. The SMILES string of the molecule is N#Cc1nc(C(N)=O)cs1. The molecule has 1 aromatic heterocycles. The van der Waals surface area contributed by atoms with Crippen molar-refractivity contribution in [3.8, 4) is 6.07 Å². The summed E-state index contributed by atoms with van der Waals surface area (Å²) >= 11 is 1.10. The minimum atomic E-state index is -0.599. The Morgan fingerprint density at radius 2 is 2.60 bits per heavy atom. The second kappa shape index (κ2) is 2.45. The van der Waals surface area contributed by atoms with E-state index in [2.05, 4.69) is 4.98 Å². The molecule has 0 aliphatic rings. The van der Waals surface area contributed by atoms with Crippen LogP contribution in [0, 0.1) is 11.3 Å². The quantitative estimate of drug-likeness (QED) is 0.622. The Bertz CT molecular complexity index is 298. The van der Waals surface area contributed by atoms with Crippen LogP contribution in [0.1, 0.15) is 15.5 Å². The van der Waals surface area contributed by atoms with Crippen LogP contribution in [0.3, 0.4) is 0 Å². The lowest BCUT2D eigenvalue weighted by molar-refractivity contribution is 0.0996. The summed E-state index contributed by atoms with van der Waals surface area (Å²) < 4.78 is 0. The van der Waals surface area contributed by atoms with Crippen LogP contribution in [-0.2, 0) is 0 Å². The monoisotopic (exact) mass is 153 g/mol. The average molecular weight is 153 g/mol. The highest BCUT2D eigenvalue weighted by molar-refractivity contribution is 7.10. The fourth-order valence-electron chi connectivity index (χ4n) is 0.438. The minimum Gasteiger partial charge on any atom is -0.364 e. The van der Waals surface area contributed by atoms with E-state index in [1.807, 2.05) is 0 Å². The lowest BCUT2D eigenvalue weighted by atomic mass is 10.5. The number of carbonyl (C=O) groups excluding carboxylic acids is 1. The van der Waals surface area contributed by atoms with E-state index in [0.717, 1.165) is 11.3 Å². The molecule has 0 bridgehead atoms. The van der Waals surface area contributed by atoms with Crippen molar-refractivity contribution in [3.63, 3.8) is 0 Å². The first-order valence-corrected chi connectivity index (χ1v) is 3.27. The van der Waals surface area contributed by atoms with Crippen molar-refractivity contribution in [1.82, 2.24) is 4.98 Å². The molecule has 0 saturated carbocycles. The third kappa shape index (κ3) is 1.11. The zero-order chi connectivity index (χ0) is 7.56. The summed E-state index contributed by atoms with van der Waals surface area (Å²) in [5, 5.41) is 10.00. The molecule has 1 rings (SSSR count). The van der Waals surface area contributed by atoms with Crippen molar-refractivity contribution in [3.05, 3.63) is 16.1 Å². The maximum Gasteiger partial charge on any atom is 0.268 e. The largest absolute Gasteiger partial charge is 0.364 e. The van der Waals surface area contributed by atoms with Gasteiger partial charge in [0.1, 0.15) is 11.8 Å². The number of nitrogens with zero attached hydrogens (tertiary/aromatic N) is 2. The summed E-state index contributed by atoms with van der Waals surface area (Å²) in [5.41, 5.74) is 5.03. The highest BCUT2D eigenvalue weighted by Crippen LogP contribution is 2.06. The molecule has 0 saturated heterocycles. The van der Waals surface area contributed by atoms with Crippen molar-refractivity contribution in [2.24, 2.45) is 5.73 Å². The van der Waals surface area contributed by atoms with E-state index in [9.17, 15) is 4.79 Å². The second-order valence-electron chi connectivity index (χ2n) is 1.51. The molecule has 0 unspecified atom stereocenters. The van der Waals surface area contributed by atoms with Crippen molar-refractivity contribution in [2.75, 3.05) is 0 Å². The van der Waals surface area contributed by atoms with E-state index in [0.29, 0.717) is 0 Å². The molecule has 4 nitrogen and oxygen atoms in total. The molecule has 0 aliphatic carbocycles. The maximum atomic E-state index is 10.4. The first kappa shape index (κ1) is 6.71. The standard InChI is InChI=1S/C5H3N3OS/c6-1-4-8-3(2-10-4)5(7)9/h2H,(H2,7,9). The van der Waals surface area contributed by atoms with Crippen LogP contribution in [0.2, 0.25) is 0 Å². The molecule has 2 N–H and O–H groups in total. The smallest absolute Gasteiger partial charge is 0.268 e. The van der Waals surface area contributed by atoms with Crippen LogP contribution in [0.25, 0.3) is 0 Å². The van der Waals surface area contributed by atoms with Crippen LogP contribution in [0.5, 0.6) is 0 Å². The number of amides is 1. The molecule has 0 spiro atoms.